The van der Waals surface area contributed by atoms with Gasteiger partial charge < -0.3 is 21.0 Å². The van der Waals surface area contributed by atoms with E-state index >= 15 is 0 Å². The van der Waals surface area contributed by atoms with Crippen LogP contribution in [0.15, 0.2) is 42.6 Å². The van der Waals surface area contributed by atoms with Gasteiger partial charge in [-0.05, 0) is 70.7 Å². The number of carbonyl (C=O) groups is 3. The highest BCUT2D eigenvalue weighted by Gasteiger charge is 2.36. The number of piperidine rings is 1. The van der Waals surface area contributed by atoms with E-state index in [1.165, 1.54) is 0 Å². The van der Waals surface area contributed by atoms with Gasteiger partial charge in [-0.15, -0.1) is 0 Å². The van der Waals surface area contributed by atoms with Crippen molar-refractivity contribution in [3.63, 3.8) is 0 Å². The Morgan fingerprint density at radius 2 is 1.82 bits per heavy atom. The summed E-state index contributed by atoms with van der Waals surface area (Å²) in [5.41, 5.74) is 1.06. The lowest BCUT2D eigenvalue weighted by molar-refractivity contribution is 0.00821. The summed E-state index contributed by atoms with van der Waals surface area (Å²) >= 11 is 0. The molecule has 11 heteroatoms. The summed E-state index contributed by atoms with van der Waals surface area (Å²) in [6.45, 7) is 7.71. The number of aromatic carboxylic acids is 1. The lowest BCUT2D eigenvalue weighted by atomic mass is 10.0. The summed E-state index contributed by atoms with van der Waals surface area (Å²) < 4.78 is 6.61. The highest BCUT2D eigenvalue weighted by Crippen LogP contribution is 2.34. The zero-order chi connectivity index (χ0) is 27.6. The molecule has 3 aromatic rings. The first-order chi connectivity index (χ1) is 17.9. The van der Waals surface area contributed by atoms with Crippen LogP contribution >= 0.6 is 0 Å². The second-order valence-corrected chi connectivity index (χ2v) is 10.3. The number of nitrogens with one attached hydrogen (secondary N) is 1. The van der Waals surface area contributed by atoms with Crippen molar-refractivity contribution < 1.29 is 24.2 Å². The van der Waals surface area contributed by atoms with Crippen LogP contribution in [0.25, 0.3) is 11.3 Å². The van der Waals surface area contributed by atoms with Crippen molar-refractivity contribution in [1.82, 2.24) is 19.5 Å². The maximum atomic E-state index is 12.9. The third kappa shape index (κ3) is 5.77. The van der Waals surface area contributed by atoms with Crippen LogP contribution in [-0.2, 0) is 4.74 Å². The van der Waals surface area contributed by atoms with E-state index in [2.05, 4.69) is 15.3 Å². The topological polar surface area (TPSA) is 153 Å². The zero-order valence-corrected chi connectivity index (χ0v) is 21.9. The first-order valence-electron chi connectivity index (χ1n) is 12.4. The summed E-state index contributed by atoms with van der Waals surface area (Å²) in [6.07, 6.45) is 3.35. The molecule has 1 aromatic carbocycles. The number of imidazole rings is 1. The number of nitrogens with zero attached hydrogens (tertiary/aromatic N) is 4. The summed E-state index contributed by atoms with van der Waals surface area (Å²) in [4.78, 5) is 48.1. The van der Waals surface area contributed by atoms with Crippen molar-refractivity contribution in [2.24, 2.45) is 0 Å². The van der Waals surface area contributed by atoms with E-state index < -0.39 is 23.7 Å². The fourth-order valence-corrected chi connectivity index (χ4v) is 4.34. The Labute approximate surface area is 220 Å². The second kappa shape index (κ2) is 10.5. The number of ether oxygens (including phenoxy) is 1. The first kappa shape index (κ1) is 26.6. The molecular formula is C27H32N6O5. The molecule has 2 aromatic heterocycles. The van der Waals surface area contributed by atoms with Crippen LogP contribution < -0.4 is 11.2 Å². The maximum Gasteiger partial charge on any atom is 0.410 e. The molecule has 1 aliphatic heterocycles. The Morgan fingerprint density at radius 1 is 1.11 bits per heavy atom. The highest BCUT2D eigenvalue weighted by molar-refractivity contribution is 6.04. The Kier molecular flexibility index (Phi) is 7.38. The van der Waals surface area contributed by atoms with Gasteiger partial charge in [-0.3, -0.25) is 9.69 Å². The number of rotatable bonds is 5. The standard InChI is InChI=1S/C27H32N6O5/c1-16-8-13-20(29-15-16)30-24(34)18-11-9-17(10-12-18)21-22(25(35)36)33(28)23(31-21)19-7-5-6-14-32(19)26(37)38-27(2,3)4/h8-13,15,19H,5-7,14,28H2,1-4H3,(H,35,36)(H,29,30,34). The molecule has 1 fully saturated rings. The fraction of sp³-hybridized carbons (Fsp3) is 0.370. The predicted octanol–water partition coefficient (Wildman–Crippen LogP) is 4.38. The zero-order valence-electron chi connectivity index (χ0n) is 21.9. The Morgan fingerprint density at radius 3 is 2.42 bits per heavy atom. The van der Waals surface area contributed by atoms with E-state index in [1.54, 1.807) is 62.2 Å². The number of carbonyl (C=O) groups excluding carboxylic acids is 2. The number of hydrogen-bond acceptors (Lipinski definition) is 7. The van der Waals surface area contributed by atoms with Gasteiger partial charge in [0.1, 0.15) is 17.1 Å². The van der Waals surface area contributed by atoms with Crippen LogP contribution in [0.1, 0.15) is 78.3 Å². The number of likely N-dealkylation sites (tertiary alicyclic amines) is 1. The molecule has 4 N–H and O–H groups in total. The monoisotopic (exact) mass is 520 g/mol. The number of anilines is 1. The Hall–Kier alpha value is -4.41. The van der Waals surface area contributed by atoms with E-state index in [-0.39, 0.29) is 23.1 Å². The molecule has 2 amide bonds. The average Bonchev–Trinajstić information content (AvgIpc) is 3.21. The number of carboxylic acids is 1. The number of benzene rings is 1. The molecule has 4 rings (SSSR count). The average molecular weight is 521 g/mol. The third-order valence-electron chi connectivity index (χ3n) is 6.14. The molecule has 0 bridgehead atoms. The first-order valence-corrected chi connectivity index (χ1v) is 12.4. The normalized spacial score (nSPS) is 15.7. The quantitative estimate of drug-likeness (QED) is 0.419. The molecule has 200 valence electrons. The van der Waals surface area contributed by atoms with Gasteiger partial charge in [0.05, 0.1) is 6.04 Å². The predicted molar refractivity (Wildman–Crippen MR) is 141 cm³/mol. The summed E-state index contributed by atoms with van der Waals surface area (Å²) in [7, 11) is 0. The van der Waals surface area contributed by atoms with Crippen LogP contribution in [0.4, 0.5) is 10.6 Å². The van der Waals surface area contributed by atoms with E-state index in [9.17, 15) is 19.5 Å². The van der Waals surface area contributed by atoms with Gasteiger partial charge in [0, 0.05) is 23.9 Å². The Balaban J connectivity index is 1.63. The summed E-state index contributed by atoms with van der Waals surface area (Å²) in [5, 5.41) is 12.7. The van der Waals surface area contributed by atoms with Gasteiger partial charge in [-0.2, -0.15) is 0 Å². The second-order valence-electron chi connectivity index (χ2n) is 10.3. The van der Waals surface area contributed by atoms with Crippen molar-refractivity contribution in [2.75, 3.05) is 17.7 Å². The molecular weight excluding hydrogens is 488 g/mol. The molecule has 0 radical (unpaired) electrons. The van der Waals surface area contributed by atoms with Crippen molar-refractivity contribution in [2.45, 2.75) is 58.6 Å². The SMILES string of the molecule is Cc1ccc(NC(=O)c2ccc(-c3nc(C4CCCCN4C(=O)OC(C)(C)C)n(N)c3C(=O)O)cc2)nc1. The fourth-order valence-electron chi connectivity index (χ4n) is 4.34. The van der Waals surface area contributed by atoms with Crippen molar-refractivity contribution >= 4 is 23.8 Å². The molecule has 3 heterocycles. The lowest BCUT2D eigenvalue weighted by Crippen LogP contribution is -2.43. The smallest absolute Gasteiger partial charge is 0.410 e. The molecule has 0 aliphatic carbocycles. The van der Waals surface area contributed by atoms with Crippen molar-refractivity contribution in [1.29, 1.82) is 0 Å². The summed E-state index contributed by atoms with van der Waals surface area (Å²) in [6, 6.07) is 9.39. The van der Waals surface area contributed by atoms with Gasteiger partial charge in [-0.1, -0.05) is 18.2 Å². The number of nitrogens with two attached hydrogens (primary N) is 1. The van der Waals surface area contributed by atoms with Gasteiger partial charge in [-0.25, -0.2) is 24.2 Å². The van der Waals surface area contributed by atoms with Gasteiger partial charge >= 0.3 is 12.1 Å². The van der Waals surface area contributed by atoms with Gasteiger partial charge in [0.2, 0.25) is 0 Å². The number of hydrogen-bond donors (Lipinski definition) is 3. The van der Waals surface area contributed by atoms with Gasteiger partial charge in [0.25, 0.3) is 5.91 Å². The van der Waals surface area contributed by atoms with Crippen molar-refractivity contribution in [3.05, 3.63) is 65.2 Å². The molecule has 0 saturated carbocycles. The molecule has 1 aliphatic rings. The van der Waals surface area contributed by atoms with Crippen LogP contribution in [0.2, 0.25) is 0 Å². The van der Waals surface area contributed by atoms with E-state index in [1.807, 2.05) is 13.0 Å². The van der Waals surface area contributed by atoms with Crippen LogP contribution in [0.5, 0.6) is 0 Å². The number of amides is 2. The van der Waals surface area contributed by atoms with E-state index in [4.69, 9.17) is 10.6 Å². The number of pyridine rings is 1. The molecule has 11 nitrogen and oxygen atoms in total. The molecule has 1 atom stereocenters. The number of aromatic nitrogens is 3. The van der Waals surface area contributed by atoms with Gasteiger partial charge in [0.15, 0.2) is 11.5 Å². The minimum Gasteiger partial charge on any atom is -0.476 e. The lowest BCUT2D eigenvalue weighted by Gasteiger charge is -2.36. The molecule has 38 heavy (non-hydrogen) atoms. The van der Waals surface area contributed by atoms with Crippen LogP contribution in [0.3, 0.4) is 0 Å². The van der Waals surface area contributed by atoms with E-state index in [0.717, 1.165) is 23.1 Å². The molecule has 1 saturated heterocycles. The summed E-state index contributed by atoms with van der Waals surface area (Å²) in [5.74, 6) is 5.33. The number of nitrogen functional groups attached to an aromatic ring is 1. The van der Waals surface area contributed by atoms with Crippen LogP contribution in [-0.4, -0.2) is 54.8 Å². The number of aryl methyl sites for hydroxylation is 1. The maximum absolute atomic E-state index is 12.9. The minimum atomic E-state index is -1.26. The largest absolute Gasteiger partial charge is 0.476 e. The molecule has 1 unspecified atom stereocenters. The van der Waals surface area contributed by atoms with Crippen molar-refractivity contribution in [3.8, 4) is 11.3 Å². The van der Waals surface area contributed by atoms with E-state index in [0.29, 0.717) is 29.9 Å². The third-order valence-corrected chi connectivity index (χ3v) is 6.14. The minimum absolute atomic E-state index is 0.150. The number of carboxylic acid groups (broad SMARTS) is 1. The Bertz CT molecular complexity index is 1340. The van der Waals surface area contributed by atoms with Crippen LogP contribution in [0, 0.1) is 6.92 Å². The molecule has 0 spiro atoms. The highest BCUT2D eigenvalue weighted by atomic mass is 16.6.